The third-order valence-corrected chi connectivity index (χ3v) is 4.68. The molecule has 1 aromatic rings. The molecule has 1 aromatic carbocycles. The van der Waals surface area contributed by atoms with Crippen LogP contribution >= 0.6 is 23.2 Å². The van der Waals surface area contributed by atoms with Crippen molar-refractivity contribution in [3.05, 3.63) is 33.8 Å². The molecule has 0 bridgehead atoms. The quantitative estimate of drug-likeness (QED) is 0.877. The zero-order valence-corrected chi connectivity index (χ0v) is 13.0. The molecule has 1 aliphatic rings. The average molecular weight is 302 g/mol. The minimum Gasteiger partial charge on any atom is -0.381 e. The summed E-state index contributed by atoms with van der Waals surface area (Å²) in [5.41, 5.74) is 1.18. The van der Waals surface area contributed by atoms with Gasteiger partial charge in [0.05, 0.1) is 16.1 Å². The lowest BCUT2D eigenvalue weighted by Gasteiger charge is -2.30. The third-order valence-electron chi connectivity index (χ3n) is 3.94. The molecule has 106 valence electrons. The van der Waals surface area contributed by atoms with Crippen molar-refractivity contribution in [2.75, 3.05) is 7.11 Å². The van der Waals surface area contributed by atoms with Crippen LogP contribution in [-0.4, -0.2) is 19.3 Å². The Morgan fingerprint density at radius 1 is 1.16 bits per heavy atom. The topological polar surface area (TPSA) is 21.3 Å². The molecule has 1 unspecified atom stereocenters. The van der Waals surface area contributed by atoms with Crippen molar-refractivity contribution < 1.29 is 4.74 Å². The van der Waals surface area contributed by atoms with E-state index in [9.17, 15) is 0 Å². The Morgan fingerprint density at radius 2 is 1.84 bits per heavy atom. The molecule has 0 heterocycles. The predicted octanol–water partition coefficient (Wildman–Crippen LogP) is 4.60. The SMILES string of the molecule is COC1CCC(NC(C)c2ccc(Cl)c(Cl)c2)CC1. The van der Waals surface area contributed by atoms with Gasteiger partial charge in [0.2, 0.25) is 0 Å². The number of rotatable bonds is 4. The fourth-order valence-corrected chi connectivity index (χ4v) is 3.00. The number of halogens is 2. The van der Waals surface area contributed by atoms with Crippen LogP contribution in [0.5, 0.6) is 0 Å². The summed E-state index contributed by atoms with van der Waals surface area (Å²) >= 11 is 12.0. The van der Waals surface area contributed by atoms with Gasteiger partial charge in [-0.05, 0) is 50.3 Å². The highest BCUT2D eigenvalue weighted by molar-refractivity contribution is 6.42. The van der Waals surface area contributed by atoms with Gasteiger partial charge < -0.3 is 10.1 Å². The van der Waals surface area contributed by atoms with Gasteiger partial charge >= 0.3 is 0 Å². The summed E-state index contributed by atoms with van der Waals surface area (Å²) in [5, 5.41) is 4.90. The average Bonchev–Trinajstić information content (AvgIpc) is 2.42. The van der Waals surface area contributed by atoms with Gasteiger partial charge in [-0.15, -0.1) is 0 Å². The van der Waals surface area contributed by atoms with E-state index in [1.807, 2.05) is 18.2 Å². The lowest BCUT2D eigenvalue weighted by atomic mass is 9.92. The summed E-state index contributed by atoms with van der Waals surface area (Å²) in [7, 11) is 1.80. The van der Waals surface area contributed by atoms with Crippen molar-refractivity contribution in [1.82, 2.24) is 5.32 Å². The second kappa shape index (κ2) is 6.94. The van der Waals surface area contributed by atoms with Crippen molar-refractivity contribution in [2.24, 2.45) is 0 Å². The molecule has 0 amide bonds. The Labute approximate surface area is 125 Å². The van der Waals surface area contributed by atoms with Crippen LogP contribution in [0.1, 0.15) is 44.2 Å². The van der Waals surface area contributed by atoms with Gasteiger partial charge in [0.15, 0.2) is 0 Å². The Morgan fingerprint density at radius 3 is 2.42 bits per heavy atom. The maximum Gasteiger partial charge on any atom is 0.0595 e. The maximum atomic E-state index is 6.06. The number of hydrogen-bond donors (Lipinski definition) is 1. The molecule has 0 aromatic heterocycles. The maximum absolute atomic E-state index is 6.06. The monoisotopic (exact) mass is 301 g/mol. The van der Waals surface area contributed by atoms with Crippen LogP contribution in [0, 0.1) is 0 Å². The van der Waals surface area contributed by atoms with Crippen molar-refractivity contribution >= 4 is 23.2 Å². The number of benzene rings is 1. The summed E-state index contributed by atoms with van der Waals surface area (Å²) in [6.07, 6.45) is 5.07. The first-order valence-corrected chi connectivity index (χ1v) is 7.59. The predicted molar refractivity (Wildman–Crippen MR) is 81.1 cm³/mol. The first-order chi connectivity index (χ1) is 9.10. The lowest BCUT2D eigenvalue weighted by molar-refractivity contribution is 0.0614. The molecule has 1 fully saturated rings. The zero-order valence-electron chi connectivity index (χ0n) is 11.5. The van der Waals surface area contributed by atoms with Crippen molar-refractivity contribution in [3.63, 3.8) is 0 Å². The van der Waals surface area contributed by atoms with E-state index in [0.717, 1.165) is 12.8 Å². The molecule has 2 rings (SSSR count). The van der Waals surface area contributed by atoms with Crippen LogP contribution in [0.2, 0.25) is 10.0 Å². The van der Waals surface area contributed by atoms with Gasteiger partial charge in [0.25, 0.3) is 0 Å². The van der Waals surface area contributed by atoms with Crippen molar-refractivity contribution in [1.29, 1.82) is 0 Å². The van der Waals surface area contributed by atoms with E-state index in [0.29, 0.717) is 28.2 Å². The van der Waals surface area contributed by atoms with E-state index >= 15 is 0 Å². The minimum atomic E-state index is 0.291. The van der Waals surface area contributed by atoms with Gasteiger partial charge in [0, 0.05) is 19.2 Å². The largest absolute Gasteiger partial charge is 0.381 e. The van der Waals surface area contributed by atoms with Gasteiger partial charge in [-0.25, -0.2) is 0 Å². The third kappa shape index (κ3) is 4.09. The molecule has 1 N–H and O–H groups in total. The van der Waals surface area contributed by atoms with Crippen LogP contribution in [0.4, 0.5) is 0 Å². The van der Waals surface area contributed by atoms with Crippen molar-refractivity contribution in [3.8, 4) is 0 Å². The Kier molecular flexibility index (Phi) is 5.52. The Bertz CT molecular complexity index is 417. The molecule has 0 spiro atoms. The van der Waals surface area contributed by atoms with Crippen LogP contribution in [0.3, 0.4) is 0 Å². The standard InChI is InChI=1S/C15H21Cl2NO/c1-10(11-3-8-14(16)15(17)9-11)18-12-4-6-13(19-2)7-5-12/h3,8-10,12-13,18H,4-7H2,1-2H3. The zero-order chi connectivity index (χ0) is 13.8. The molecular formula is C15H21Cl2NO. The Balaban J connectivity index is 1.90. The summed E-state index contributed by atoms with van der Waals surface area (Å²) in [5.74, 6) is 0. The fraction of sp³-hybridized carbons (Fsp3) is 0.600. The van der Waals surface area contributed by atoms with Crippen LogP contribution in [-0.2, 0) is 4.74 Å². The van der Waals surface area contributed by atoms with E-state index in [1.165, 1.54) is 18.4 Å². The highest BCUT2D eigenvalue weighted by Crippen LogP contribution is 2.27. The van der Waals surface area contributed by atoms with Crippen LogP contribution in [0.25, 0.3) is 0 Å². The Hall–Kier alpha value is -0.280. The van der Waals surface area contributed by atoms with E-state index in [4.69, 9.17) is 27.9 Å². The van der Waals surface area contributed by atoms with E-state index in [2.05, 4.69) is 12.2 Å². The number of methoxy groups -OCH3 is 1. The van der Waals surface area contributed by atoms with Crippen LogP contribution < -0.4 is 5.32 Å². The second-order valence-electron chi connectivity index (χ2n) is 5.27. The number of ether oxygens (including phenoxy) is 1. The van der Waals surface area contributed by atoms with E-state index in [1.54, 1.807) is 7.11 Å². The van der Waals surface area contributed by atoms with Gasteiger partial charge in [-0.2, -0.15) is 0 Å². The number of hydrogen-bond acceptors (Lipinski definition) is 2. The molecule has 1 atom stereocenters. The molecule has 1 saturated carbocycles. The molecule has 0 saturated heterocycles. The first-order valence-electron chi connectivity index (χ1n) is 6.84. The highest BCUT2D eigenvalue weighted by Gasteiger charge is 2.22. The first kappa shape index (κ1) is 15.1. The van der Waals surface area contributed by atoms with Crippen LogP contribution in [0.15, 0.2) is 18.2 Å². The number of nitrogens with one attached hydrogen (secondary N) is 1. The summed E-state index contributed by atoms with van der Waals surface area (Å²) < 4.78 is 5.40. The lowest BCUT2D eigenvalue weighted by Crippen LogP contribution is -2.36. The van der Waals surface area contributed by atoms with Gasteiger partial charge in [-0.1, -0.05) is 29.3 Å². The van der Waals surface area contributed by atoms with E-state index in [-0.39, 0.29) is 0 Å². The molecular weight excluding hydrogens is 281 g/mol. The minimum absolute atomic E-state index is 0.291. The summed E-state index contributed by atoms with van der Waals surface area (Å²) in [4.78, 5) is 0. The summed E-state index contributed by atoms with van der Waals surface area (Å²) in [6, 6.07) is 6.70. The van der Waals surface area contributed by atoms with Gasteiger partial charge in [0.1, 0.15) is 0 Å². The molecule has 4 heteroatoms. The summed E-state index contributed by atoms with van der Waals surface area (Å²) in [6.45, 7) is 2.17. The van der Waals surface area contributed by atoms with Gasteiger partial charge in [-0.3, -0.25) is 0 Å². The molecule has 0 aliphatic heterocycles. The molecule has 19 heavy (non-hydrogen) atoms. The normalized spacial score (nSPS) is 25.3. The molecule has 1 aliphatic carbocycles. The fourth-order valence-electron chi connectivity index (χ4n) is 2.70. The molecule has 2 nitrogen and oxygen atoms in total. The smallest absolute Gasteiger partial charge is 0.0595 e. The van der Waals surface area contributed by atoms with Crippen molar-refractivity contribution in [2.45, 2.75) is 50.8 Å². The van der Waals surface area contributed by atoms with E-state index < -0.39 is 0 Å². The second-order valence-corrected chi connectivity index (χ2v) is 6.09. The highest BCUT2D eigenvalue weighted by atomic mass is 35.5. The molecule has 0 radical (unpaired) electrons.